The SMILES string of the molecule is CN(C)C(=O)Cc1ccc(NC(=O)C2(CN)CCCC2)cc1.Cl. The number of nitrogens with one attached hydrogen (secondary N) is 1. The van der Waals surface area contributed by atoms with Gasteiger partial charge in [-0.05, 0) is 30.5 Å². The first-order chi connectivity index (χ1) is 10.5. The topological polar surface area (TPSA) is 75.4 Å². The number of likely N-dealkylation sites (N-methyl/N-ethyl adjacent to an activating group) is 1. The van der Waals surface area contributed by atoms with Gasteiger partial charge >= 0.3 is 0 Å². The van der Waals surface area contributed by atoms with Gasteiger partial charge < -0.3 is 16.0 Å². The van der Waals surface area contributed by atoms with E-state index >= 15 is 0 Å². The van der Waals surface area contributed by atoms with E-state index in [2.05, 4.69) is 5.32 Å². The largest absolute Gasteiger partial charge is 0.349 e. The van der Waals surface area contributed by atoms with Gasteiger partial charge in [-0.1, -0.05) is 25.0 Å². The highest BCUT2D eigenvalue weighted by Crippen LogP contribution is 2.38. The van der Waals surface area contributed by atoms with E-state index in [1.54, 1.807) is 19.0 Å². The molecule has 6 heteroatoms. The summed E-state index contributed by atoms with van der Waals surface area (Å²) < 4.78 is 0. The number of hydrogen-bond donors (Lipinski definition) is 2. The van der Waals surface area contributed by atoms with Gasteiger partial charge in [-0.25, -0.2) is 0 Å². The molecule has 1 aromatic rings. The van der Waals surface area contributed by atoms with Crippen LogP contribution >= 0.6 is 12.4 Å². The van der Waals surface area contributed by atoms with Crippen molar-refractivity contribution < 1.29 is 9.59 Å². The second kappa shape index (κ2) is 8.31. The molecule has 1 saturated carbocycles. The number of benzene rings is 1. The third kappa shape index (κ3) is 4.69. The van der Waals surface area contributed by atoms with E-state index in [0.717, 1.165) is 36.9 Å². The quantitative estimate of drug-likeness (QED) is 0.863. The van der Waals surface area contributed by atoms with Gasteiger partial charge in [-0.2, -0.15) is 0 Å². The highest BCUT2D eigenvalue weighted by molar-refractivity contribution is 5.95. The van der Waals surface area contributed by atoms with E-state index in [9.17, 15) is 9.59 Å². The maximum Gasteiger partial charge on any atom is 0.231 e. The minimum absolute atomic E-state index is 0. The van der Waals surface area contributed by atoms with Crippen LogP contribution in [0.1, 0.15) is 31.2 Å². The second-order valence-corrected chi connectivity index (χ2v) is 6.31. The zero-order valence-corrected chi connectivity index (χ0v) is 14.6. The molecule has 23 heavy (non-hydrogen) atoms. The van der Waals surface area contributed by atoms with Crippen molar-refractivity contribution in [2.75, 3.05) is 26.0 Å². The first-order valence-corrected chi connectivity index (χ1v) is 7.77. The lowest BCUT2D eigenvalue weighted by atomic mass is 9.85. The van der Waals surface area contributed by atoms with Gasteiger partial charge in [0.25, 0.3) is 0 Å². The fourth-order valence-corrected chi connectivity index (χ4v) is 2.88. The number of amides is 2. The Morgan fingerprint density at radius 2 is 1.74 bits per heavy atom. The Labute approximate surface area is 144 Å². The Morgan fingerprint density at radius 1 is 1.17 bits per heavy atom. The molecule has 5 nitrogen and oxygen atoms in total. The van der Waals surface area contributed by atoms with Crippen LogP contribution in [0.25, 0.3) is 0 Å². The van der Waals surface area contributed by atoms with E-state index < -0.39 is 5.41 Å². The predicted octanol–water partition coefficient (Wildman–Crippen LogP) is 2.20. The molecule has 0 radical (unpaired) electrons. The summed E-state index contributed by atoms with van der Waals surface area (Å²) in [4.78, 5) is 25.7. The van der Waals surface area contributed by atoms with E-state index in [0.29, 0.717) is 13.0 Å². The standard InChI is InChI=1S/C17H25N3O2.ClH/c1-20(2)15(21)11-13-5-7-14(8-6-13)19-16(22)17(12-18)9-3-4-10-17;/h5-8H,3-4,9-12,18H2,1-2H3,(H,19,22);1H. The second-order valence-electron chi connectivity index (χ2n) is 6.31. The van der Waals surface area contributed by atoms with E-state index in [1.807, 2.05) is 24.3 Å². The maximum atomic E-state index is 12.5. The number of halogens is 1. The Kier molecular flexibility index (Phi) is 7.03. The Morgan fingerprint density at radius 3 is 2.22 bits per heavy atom. The van der Waals surface area contributed by atoms with Crippen molar-refractivity contribution >= 4 is 29.9 Å². The van der Waals surface area contributed by atoms with Crippen LogP contribution in [0.4, 0.5) is 5.69 Å². The number of carbonyl (C=O) groups excluding carboxylic acids is 2. The molecule has 128 valence electrons. The number of carbonyl (C=O) groups is 2. The molecular formula is C17H26ClN3O2. The van der Waals surface area contributed by atoms with Gasteiger partial charge in [0.1, 0.15) is 0 Å². The smallest absolute Gasteiger partial charge is 0.231 e. The molecule has 3 N–H and O–H groups in total. The summed E-state index contributed by atoms with van der Waals surface area (Å²) in [7, 11) is 3.48. The number of anilines is 1. The molecule has 0 heterocycles. The first-order valence-electron chi connectivity index (χ1n) is 7.77. The van der Waals surface area contributed by atoms with E-state index in [4.69, 9.17) is 5.73 Å². The van der Waals surface area contributed by atoms with Gasteiger partial charge in [0.15, 0.2) is 0 Å². The summed E-state index contributed by atoms with van der Waals surface area (Å²) in [6.07, 6.45) is 4.23. The molecule has 2 rings (SSSR count). The number of nitrogens with zero attached hydrogens (tertiary/aromatic N) is 1. The van der Waals surface area contributed by atoms with Crippen LogP contribution in [-0.4, -0.2) is 37.4 Å². The van der Waals surface area contributed by atoms with Gasteiger partial charge in [0.2, 0.25) is 11.8 Å². The van der Waals surface area contributed by atoms with E-state index in [-0.39, 0.29) is 24.2 Å². The van der Waals surface area contributed by atoms with Crippen LogP contribution in [0.5, 0.6) is 0 Å². The van der Waals surface area contributed by atoms with Gasteiger partial charge in [0, 0.05) is 26.3 Å². The van der Waals surface area contributed by atoms with Crippen LogP contribution in [0.3, 0.4) is 0 Å². The molecule has 1 aliphatic carbocycles. The van der Waals surface area contributed by atoms with Crippen molar-refractivity contribution in [2.24, 2.45) is 11.1 Å². The van der Waals surface area contributed by atoms with Crippen LogP contribution in [0.15, 0.2) is 24.3 Å². The molecule has 0 spiro atoms. The van der Waals surface area contributed by atoms with Crippen LogP contribution in [0.2, 0.25) is 0 Å². The minimum atomic E-state index is -0.403. The zero-order valence-electron chi connectivity index (χ0n) is 13.8. The molecule has 0 aromatic heterocycles. The lowest BCUT2D eigenvalue weighted by Gasteiger charge is -2.25. The van der Waals surface area contributed by atoms with Gasteiger partial charge in [0.05, 0.1) is 11.8 Å². The van der Waals surface area contributed by atoms with Crippen LogP contribution in [0, 0.1) is 5.41 Å². The summed E-state index contributed by atoms with van der Waals surface area (Å²) in [5.41, 5.74) is 7.12. The fraction of sp³-hybridized carbons (Fsp3) is 0.529. The summed E-state index contributed by atoms with van der Waals surface area (Å²) >= 11 is 0. The molecule has 0 unspecified atom stereocenters. The normalized spacial score (nSPS) is 15.6. The molecule has 0 atom stereocenters. The van der Waals surface area contributed by atoms with Crippen molar-refractivity contribution in [3.05, 3.63) is 29.8 Å². The van der Waals surface area contributed by atoms with Crippen molar-refractivity contribution in [3.8, 4) is 0 Å². The fourth-order valence-electron chi connectivity index (χ4n) is 2.88. The Balaban J connectivity index is 0.00000264. The Bertz CT molecular complexity index is 537. The summed E-state index contributed by atoms with van der Waals surface area (Å²) in [6, 6.07) is 7.44. The number of hydrogen-bond acceptors (Lipinski definition) is 3. The number of nitrogens with two attached hydrogens (primary N) is 1. The molecule has 1 fully saturated rings. The lowest BCUT2D eigenvalue weighted by molar-refractivity contribution is -0.128. The third-order valence-corrected chi connectivity index (χ3v) is 4.50. The monoisotopic (exact) mass is 339 g/mol. The number of rotatable bonds is 5. The molecule has 0 bridgehead atoms. The average Bonchev–Trinajstić information content (AvgIpc) is 2.99. The predicted molar refractivity (Wildman–Crippen MR) is 94.7 cm³/mol. The minimum Gasteiger partial charge on any atom is -0.349 e. The van der Waals surface area contributed by atoms with Crippen LogP contribution < -0.4 is 11.1 Å². The maximum absolute atomic E-state index is 12.5. The lowest BCUT2D eigenvalue weighted by Crippen LogP contribution is -2.40. The van der Waals surface area contributed by atoms with Crippen LogP contribution in [-0.2, 0) is 16.0 Å². The Hall–Kier alpha value is -1.59. The molecule has 0 saturated heterocycles. The molecule has 1 aliphatic rings. The molecule has 0 aliphatic heterocycles. The van der Waals surface area contributed by atoms with Gasteiger partial charge in [-0.3, -0.25) is 9.59 Å². The van der Waals surface area contributed by atoms with Crippen molar-refractivity contribution in [2.45, 2.75) is 32.1 Å². The first kappa shape index (κ1) is 19.5. The van der Waals surface area contributed by atoms with Crippen molar-refractivity contribution in [3.63, 3.8) is 0 Å². The van der Waals surface area contributed by atoms with E-state index in [1.165, 1.54) is 0 Å². The molecule has 1 aromatic carbocycles. The molecular weight excluding hydrogens is 314 g/mol. The molecule has 2 amide bonds. The zero-order chi connectivity index (χ0) is 16.2. The summed E-state index contributed by atoms with van der Waals surface area (Å²) in [5.74, 6) is 0.0782. The third-order valence-electron chi connectivity index (χ3n) is 4.50. The highest BCUT2D eigenvalue weighted by atomic mass is 35.5. The highest BCUT2D eigenvalue weighted by Gasteiger charge is 2.39. The average molecular weight is 340 g/mol. The summed E-state index contributed by atoms with van der Waals surface area (Å²) in [5, 5.41) is 2.96. The van der Waals surface area contributed by atoms with Crippen molar-refractivity contribution in [1.82, 2.24) is 4.90 Å². The summed E-state index contributed by atoms with van der Waals surface area (Å²) in [6.45, 7) is 0.397. The van der Waals surface area contributed by atoms with Crippen molar-refractivity contribution in [1.29, 1.82) is 0 Å². The van der Waals surface area contributed by atoms with Gasteiger partial charge in [-0.15, -0.1) is 12.4 Å².